The number of hydrogen-bond donors (Lipinski definition) is 0. The number of para-hydroxylation sites is 2. The molecule has 7 aliphatic rings. The van der Waals surface area contributed by atoms with Gasteiger partial charge in [-0.1, -0.05) is 212 Å². The Labute approximate surface area is 528 Å². The van der Waals surface area contributed by atoms with Crippen LogP contribution in [0.5, 0.6) is 0 Å². The predicted molar refractivity (Wildman–Crippen MR) is 379 cm³/mol. The van der Waals surface area contributed by atoms with Crippen LogP contribution in [0.2, 0.25) is 0 Å². The highest BCUT2D eigenvalue weighted by Crippen LogP contribution is 2.64. The lowest BCUT2D eigenvalue weighted by Gasteiger charge is -2.51. The molecular weight excluding hydrogens is 1080 g/mol. The van der Waals surface area contributed by atoms with E-state index in [-0.39, 0.29) is 44.7 Å². The second kappa shape index (κ2) is 18.1. The van der Waals surface area contributed by atoms with Crippen molar-refractivity contribution in [2.45, 2.75) is 179 Å². The molecule has 3 aliphatic heterocycles. The first-order valence-corrected chi connectivity index (χ1v) is 33.4. The van der Waals surface area contributed by atoms with Crippen LogP contribution < -0.4 is 31.1 Å². The number of fused-ring (bicyclic) bond motifs is 15. The van der Waals surface area contributed by atoms with Crippen molar-refractivity contribution in [3.05, 3.63) is 215 Å². The lowest BCUT2D eigenvalue weighted by Crippen LogP contribution is -2.62. The summed E-state index contributed by atoms with van der Waals surface area (Å²) in [5.74, 6) is 0. The summed E-state index contributed by atoms with van der Waals surface area (Å²) >= 11 is 0. The number of nitrogens with zero attached hydrogens (tertiary/aromatic N) is 3. The Hall–Kier alpha value is -8.02. The van der Waals surface area contributed by atoms with Crippen molar-refractivity contribution >= 4 is 96.1 Å². The zero-order valence-corrected chi connectivity index (χ0v) is 54.8. The average Bonchev–Trinajstić information content (AvgIpc) is 1.58. The molecule has 5 heteroatoms. The molecule has 0 bridgehead atoms. The van der Waals surface area contributed by atoms with Crippen LogP contribution in [0, 0.1) is 0 Å². The Morgan fingerprint density at radius 1 is 0.438 bits per heavy atom. The molecule has 0 saturated heterocycles. The van der Waals surface area contributed by atoms with Gasteiger partial charge in [0.15, 0.2) is 5.58 Å². The number of benzene rings is 9. The van der Waals surface area contributed by atoms with Crippen LogP contribution in [0.25, 0.3) is 49.8 Å². The van der Waals surface area contributed by atoms with Crippen LogP contribution in [0.4, 0.5) is 45.5 Å². The first-order valence-electron chi connectivity index (χ1n) is 33.4. The van der Waals surface area contributed by atoms with Crippen molar-refractivity contribution in [1.82, 2.24) is 0 Å². The molecule has 4 aliphatic carbocycles. The van der Waals surface area contributed by atoms with E-state index in [2.05, 4.69) is 269 Å². The quantitative estimate of drug-likeness (QED) is 0.164. The molecule has 1 fully saturated rings. The maximum Gasteiger partial charge on any atom is 0.252 e. The van der Waals surface area contributed by atoms with Gasteiger partial charge in [-0.2, -0.15) is 0 Å². The Morgan fingerprint density at radius 3 is 1.61 bits per heavy atom. The first-order chi connectivity index (χ1) is 42.4. The van der Waals surface area contributed by atoms with Crippen molar-refractivity contribution < 1.29 is 4.42 Å². The van der Waals surface area contributed by atoms with Gasteiger partial charge in [-0.05, 0) is 210 Å². The molecule has 9 aromatic carbocycles. The fourth-order valence-electron chi connectivity index (χ4n) is 18.5. The van der Waals surface area contributed by atoms with Crippen molar-refractivity contribution in [3.8, 4) is 22.3 Å². The van der Waals surface area contributed by atoms with Gasteiger partial charge >= 0.3 is 0 Å². The molecular formula is C84H84BN3O. The fourth-order valence-corrected chi connectivity index (χ4v) is 18.5. The molecule has 10 aromatic rings. The molecule has 444 valence electrons. The Morgan fingerprint density at radius 2 is 0.966 bits per heavy atom. The van der Waals surface area contributed by atoms with E-state index in [1.807, 2.05) is 0 Å². The summed E-state index contributed by atoms with van der Waals surface area (Å²) in [6, 6.07) is 64.6. The molecule has 89 heavy (non-hydrogen) atoms. The predicted octanol–water partition coefficient (Wildman–Crippen LogP) is 21.1. The lowest BCUT2D eigenvalue weighted by atomic mass is 9.32. The average molecular weight is 1160 g/mol. The first kappa shape index (κ1) is 55.1. The molecule has 1 aromatic heterocycles. The third kappa shape index (κ3) is 7.48. The van der Waals surface area contributed by atoms with Crippen molar-refractivity contribution in [2.75, 3.05) is 14.7 Å². The Kier molecular flexibility index (Phi) is 11.2. The molecule has 1 saturated carbocycles. The molecule has 4 nitrogen and oxygen atoms in total. The largest absolute Gasteiger partial charge is 0.454 e. The minimum atomic E-state index is -0.247. The van der Waals surface area contributed by atoms with Crippen LogP contribution >= 0.6 is 0 Å². The molecule has 2 unspecified atom stereocenters. The smallest absolute Gasteiger partial charge is 0.252 e. The topological polar surface area (TPSA) is 22.9 Å². The third-order valence-corrected chi connectivity index (χ3v) is 24.2. The van der Waals surface area contributed by atoms with Gasteiger partial charge in [0, 0.05) is 55.9 Å². The van der Waals surface area contributed by atoms with E-state index in [4.69, 9.17) is 11.0 Å². The lowest BCUT2D eigenvalue weighted by molar-refractivity contribution is 0.195. The molecule has 17 rings (SSSR count). The summed E-state index contributed by atoms with van der Waals surface area (Å²) in [6.07, 6.45) is 9.12. The van der Waals surface area contributed by atoms with E-state index in [9.17, 15) is 0 Å². The summed E-state index contributed by atoms with van der Waals surface area (Å²) in [4.78, 5) is 8.30. The third-order valence-electron chi connectivity index (χ3n) is 24.2. The van der Waals surface area contributed by atoms with Crippen LogP contribution in [-0.4, -0.2) is 12.3 Å². The van der Waals surface area contributed by atoms with E-state index in [0.29, 0.717) is 0 Å². The summed E-state index contributed by atoms with van der Waals surface area (Å²) in [7, 11) is 0. The summed E-state index contributed by atoms with van der Waals surface area (Å²) in [6.45, 7) is 37.1. The Balaban J connectivity index is 1.02. The number of hydrogen-bond acceptors (Lipinski definition) is 4. The van der Waals surface area contributed by atoms with Gasteiger partial charge in [-0.15, -0.1) is 0 Å². The van der Waals surface area contributed by atoms with Gasteiger partial charge in [0.1, 0.15) is 5.58 Å². The van der Waals surface area contributed by atoms with Gasteiger partial charge in [-0.25, -0.2) is 0 Å². The van der Waals surface area contributed by atoms with Crippen LogP contribution in [0.1, 0.15) is 186 Å². The Bertz CT molecular complexity index is 4750. The molecule has 0 radical (unpaired) electrons. The maximum absolute atomic E-state index is 7.27. The van der Waals surface area contributed by atoms with Crippen LogP contribution in [0.3, 0.4) is 0 Å². The van der Waals surface area contributed by atoms with Crippen molar-refractivity contribution in [3.63, 3.8) is 0 Å². The number of anilines is 8. The van der Waals surface area contributed by atoms with Crippen molar-refractivity contribution in [2.24, 2.45) is 0 Å². The molecule has 0 amide bonds. The van der Waals surface area contributed by atoms with E-state index in [1.54, 1.807) is 0 Å². The van der Waals surface area contributed by atoms with E-state index >= 15 is 0 Å². The SMILES string of the molecule is C=C1c2ccccc2-c2cccc(N3c4cc5c(cc4B4c6cc7c(cc6N(c6cccc8c6oc6ccccc68)c6cc(N8c9ccc(-c%10ccc(C(C)(C)C)cc%10)cc9C9(C)CCCCC89C)cc3c64)C(C)(C)CCC7(C)C)C(C)(C)CCC5(C)C)c21. The van der Waals surface area contributed by atoms with E-state index in [1.165, 1.54) is 136 Å². The molecule has 2 atom stereocenters. The second-order valence-corrected chi connectivity index (χ2v) is 32.1. The number of furan rings is 1. The highest BCUT2D eigenvalue weighted by molar-refractivity contribution is 7.00. The molecule has 0 spiro atoms. The van der Waals surface area contributed by atoms with Gasteiger partial charge in [0.2, 0.25) is 0 Å². The van der Waals surface area contributed by atoms with Crippen molar-refractivity contribution in [1.29, 1.82) is 0 Å². The normalized spacial score (nSPS) is 21.8. The summed E-state index contributed by atoms with van der Waals surface area (Å²) in [5, 5.41) is 2.27. The fraction of sp³-hybridized carbons (Fsp3) is 0.333. The highest BCUT2D eigenvalue weighted by atomic mass is 16.3. The standard InChI is InChI=1S/C84H84BN3O/c1-50-55-23-15-16-24-56(55)58-26-21-28-68(75(50)58)86-70-48-62-60(79(5,6)39-41-81(62,9)10)46-65(70)85-66-47-61-63(82(11,12)42-40-80(61,7)8)49-71(66)87(69-29-22-27-59-57-25-17-18-30-74(57)89-77(59)69)73-45-54(44-72(86)76(73)85)88-67-36-33-52(51-31-34-53(35-32-51)78(2,3)4)43-64(67)83(13)37-19-20-38-84(83,88)14/h15-18,21-36,43-49H,1,19-20,37-42H2,2-14H3. The molecule has 4 heterocycles. The maximum atomic E-state index is 7.27. The monoisotopic (exact) mass is 1160 g/mol. The second-order valence-electron chi connectivity index (χ2n) is 32.1. The van der Waals surface area contributed by atoms with Gasteiger partial charge in [-0.3, -0.25) is 0 Å². The van der Waals surface area contributed by atoms with Gasteiger partial charge in [0.05, 0.1) is 16.9 Å². The number of rotatable bonds is 4. The van der Waals surface area contributed by atoms with Gasteiger partial charge in [0.25, 0.3) is 6.71 Å². The highest BCUT2D eigenvalue weighted by Gasteiger charge is 2.59. The summed E-state index contributed by atoms with van der Waals surface area (Å²) in [5.41, 5.74) is 32.6. The van der Waals surface area contributed by atoms with E-state index in [0.717, 1.165) is 71.7 Å². The van der Waals surface area contributed by atoms with Gasteiger partial charge < -0.3 is 19.1 Å². The van der Waals surface area contributed by atoms with Crippen LogP contribution in [-0.2, 0) is 32.5 Å². The minimum Gasteiger partial charge on any atom is -0.454 e. The summed E-state index contributed by atoms with van der Waals surface area (Å²) < 4.78 is 7.27. The van der Waals surface area contributed by atoms with E-state index < -0.39 is 0 Å². The molecule has 0 N–H and O–H groups in total. The minimum absolute atomic E-state index is 0.0229. The zero-order chi connectivity index (χ0) is 61.4. The van der Waals surface area contributed by atoms with Crippen LogP contribution in [0.15, 0.2) is 175 Å². The zero-order valence-electron chi connectivity index (χ0n) is 54.8.